The van der Waals surface area contributed by atoms with Gasteiger partial charge in [0.1, 0.15) is 5.56 Å². The average molecular weight is 463 g/mol. The molecule has 0 saturated carbocycles. The third-order valence-corrected chi connectivity index (χ3v) is 5.08. The molecule has 0 aliphatic carbocycles. The maximum atomic E-state index is 12.9. The molecule has 2 aliphatic heterocycles. The first-order valence-electron chi connectivity index (χ1n) is 9.74. The highest BCUT2D eigenvalue weighted by molar-refractivity contribution is 6.51. The summed E-state index contributed by atoms with van der Waals surface area (Å²) < 4.78 is 54.7. The number of fused-ring (bicyclic) bond motifs is 1. The van der Waals surface area contributed by atoms with Crippen molar-refractivity contribution in [1.82, 2.24) is 9.78 Å². The second-order valence-electron chi connectivity index (χ2n) is 7.34. The van der Waals surface area contributed by atoms with E-state index in [2.05, 4.69) is 21.2 Å². The summed E-state index contributed by atoms with van der Waals surface area (Å²) >= 11 is 0. The lowest BCUT2D eigenvalue weighted by atomic mass is 9.86. The predicted molar refractivity (Wildman–Crippen MR) is 108 cm³/mol. The van der Waals surface area contributed by atoms with Crippen molar-refractivity contribution in [2.75, 3.05) is 18.5 Å². The summed E-state index contributed by atoms with van der Waals surface area (Å²) in [4.78, 5) is 12.0. The molecule has 33 heavy (non-hydrogen) atoms. The molecule has 3 heterocycles. The smallest absolute Gasteiger partial charge is 0.530 e. The number of alkyl halides is 3. The number of carbonyl (C=O) groups is 1. The third-order valence-electron chi connectivity index (χ3n) is 5.08. The maximum Gasteiger partial charge on any atom is 0.573 e. The number of nitriles is 1. The van der Waals surface area contributed by atoms with Crippen LogP contribution in [-0.4, -0.2) is 47.4 Å². The van der Waals surface area contributed by atoms with E-state index in [0.29, 0.717) is 13.0 Å². The Hall–Kier alpha value is -3.70. The molecule has 0 spiro atoms. The van der Waals surface area contributed by atoms with Gasteiger partial charge < -0.3 is 30.2 Å². The van der Waals surface area contributed by atoms with Gasteiger partial charge in [-0.25, -0.2) is 0 Å². The van der Waals surface area contributed by atoms with Gasteiger partial charge in [-0.15, -0.1) is 13.2 Å². The first-order valence-corrected chi connectivity index (χ1v) is 9.74. The summed E-state index contributed by atoms with van der Waals surface area (Å²) in [7, 11) is -1.44. The van der Waals surface area contributed by atoms with Gasteiger partial charge in [0, 0.05) is 30.1 Å². The molecule has 2 aromatic rings. The van der Waals surface area contributed by atoms with E-state index in [9.17, 15) is 28.3 Å². The summed E-state index contributed by atoms with van der Waals surface area (Å²) in [6, 6.07) is 4.13. The van der Waals surface area contributed by atoms with Crippen LogP contribution in [0.15, 0.2) is 24.3 Å². The lowest BCUT2D eigenvalue weighted by Crippen LogP contribution is -2.29. The molecule has 14 heteroatoms. The van der Waals surface area contributed by atoms with E-state index in [-0.39, 0.29) is 35.0 Å². The van der Waals surface area contributed by atoms with E-state index in [1.165, 1.54) is 29.0 Å². The molecule has 2 aliphatic rings. The highest BCUT2D eigenvalue weighted by Gasteiger charge is 2.35. The van der Waals surface area contributed by atoms with E-state index in [0.717, 1.165) is 6.07 Å². The van der Waals surface area contributed by atoms with Crippen LogP contribution in [0.2, 0.25) is 0 Å². The quantitative estimate of drug-likeness (QED) is 0.573. The van der Waals surface area contributed by atoms with Crippen LogP contribution < -0.4 is 20.4 Å². The van der Waals surface area contributed by atoms with Gasteiger partial charge in [-0.2, -0.15) is 10.4 Å². The second-order valence-corrected chi connectivity index (χ2v) is 7.34. The number of hydrogen-bond donors (Lipinski definition) is 3. The topological polar surface area (TPSA) is 145 Å². The summed E-state index contributed by atoms with van der Waals surface area (Å²) in [6.07, 6.45) is -1.81. The lowest BCUT2D eigenvalue weighted by Gasteiger charge is -2.27. The Morgan fingerprint density at radius 1 is 1.45 bits per heavy atom. The van der Waals surface area contributed by atoms with Gasteiger partial charge in [0.25, 0.3) is 5.91 Å². The number of anilines is 2. The number of hydrogen-bond acceptors (Lipinski definition) is 8. The van der Waals surface area contributed by atoms with E-state index < -0.39 is 37.1 Å². The number of nitrogens with two attached hydrogens (primary N) is 1. The van der Waals surface area contributed by atoms with Crippen molar-refractivity contribution in [3.8, 4) is 17.6 Å². The highest BCUT2D eigenvalue weighted by atomic mass is 19.4. The minimum Gasteiger partial charge on any atom is -0.530 e. The number of aromatic nitrogens is 2. The zero-order valence-electron chi connectivity index (χ0n) is 16.9. The monoisotopic (exact) mass is 463 g/mol. The number of halogens is 3. The van der Waals surface area contributed by atoms with Crippen molar-refractivity contribution in [1.29, 1.82) is 5.26 Å². The summed E-state index contributed by atoms with van der Waals surface area (Å²) in [6.45, 7) is 0.621. The molecule has 4 N–H and O–H groups in total. The van der Waals surface area contributed by atoms with Gasteiger partial charge >= 0.3 is 13.5 Å². The average Bonchev–Trinajstić information content (AvgIpc) is 3.17. The number of rotatable bonds is 5. The van der Waals surface area contributed by atoms with Crippen LogP contribution in [-0.2, 0) is 4.74 Å². The molecule has 1 fully saturated rings. The summed E-state index contributed by atoms with van der Waals surface area (Å²) in [5.41, 5.74) is 5.70. The van der Waals surface area contributed by atoms with Crippen LogP contribution in [0.1, 0.15) is 28.4 Å². The number of primary amides is 1. The fourth-order valence-corrected chi connectivity index (χ4v) is 3.60. The Kier molecular flexibility index (Phi) is 5.92. The standard InChI is InChI=1S/C19H17BF3N5O5/c21-19(22,23)32-15-6-12(5-10-1-3-20(30)33-16(10)15)26-18-13(17(25)29)8-28(27-18)14-9-31-4-2-11(14)7-24/h1,3,5-6,8,11,14,30H,2,4,9H2,(H2,25,29)(H,26,27)/t11-,14+/m0/s1. The Bertz CT molecular complexity index is 1150. The molecule has 1 aromatic heterocycles. The summed E-state index contributed by atoms with van der Waals surface area (Å²) in [5.74, 6) is -1.02. The van der Waals surface area contributed by atoms with E-state index in [1.807, 2.05) is 0 Å². The molecule has 1 saturated heterocycles. The van der Waals surface area contributed by atoms with Crippen molar-refractivity contribution >= 4 is 30.6 Å². The SMILES string of the molecule is N#C[C@@H]1CCOC[C@H]1n1cc(C(N)=O)c(Nc2cc3c(c(OC(F)(F)F)c2)OB(O)C=C3)n1. The van der Waals surface area contributed by atoms with Gasteiger partial charge in [0.2, 0.25) is 0 Å². The first-order chi connectivity index (χ1) is 15.6. The molecular formula is C19H17BF3N5O5. The van der Waals surface area contributed by atoms with Crippen molar-refractivity contribution in [2.45, 2.75) is 18.8 Å². The number of benzene rings is 1. The van der Waals surface area contributed by atoms with Gasteiger partial charge in [-0.3, -0.25) is 9.48 Å². The maximum absolute atomic E-state index is 12.9. The van der Waals surface area contributed by atoms with E-state index in [4.69, 9.17) is 15.1 Å². The largest absolute Gasteiger partial charge is 0.573 e. The van der Waals surface area contributed by atoms with Crippen molar-refractivity contribution < 1.29 is 37.1 Å². The molecule has 0 radical (unpaired) electrons. The molecule has 0 bridgehead atoms. The molecule has 2 atom stereocenters. The number of nitrogens with one attached hydrogen (secondary N) is 1. The molecule has 1 aromatic carbocycles. The predicted octanol–water partition coefficient (Wildman–Crippen LogP) is 2.15. The van der Waals surface area contributed by atoms with Crippen LogP contribution in [0, 0.1) is 17.2 Å². The fourth-order valence-electron chi connectivity index (χ4n) is 3.60. The molecule has 1 amide bonds. The van der Waals surface area contributed by atoms with Crippen LogP contribution in [0.3, 0.4) is 0 Å². The third kappa shape index (κ3) is 4.89. The summed E-state index contributed by atoms with van der Waals surface area (Å²) in [5, 5.41) is 26.1. The second kappa shape index (κ2) is 8.68. The molecule has 172 valence electrons. The van der Waals surface area contributed by atoms with Crippen molar-refractivity contribution in [3.63, 3.8) is 0 Å². The Morgan fingerprint density at radius 2 is 2.24 bits per heavy atom. The van der Waals surface area contributed by atoms with Gasteiger partial charge in [0.15, 0.2) is 17.3 Å². The van der Waals surface area contributed by atoms with Crippen LogP contribution in [0.25, 0.3) is 6.08 Å². The van der Waals surface area contributed by atoms with E-state index >= 15 is 0 Å². The molecule has 0 unspecified atom stereocenters. The normalized spacial score (nSPS) is 19.9. The zero-order chi connectivity index (χ0) is 23.8. The van der Waals surface area contributed by atoms with E-state index in [1.54, 1.807) is 0 Å². The molecular weight excluding hydrogens is 446 g/mol. The minimum absolute atomic E-state index is 0.0246. The van der Waals surface area contributed by atoms with Gasteiger partial charge in [-0.05, 0) is 18.5 Å². The number of nitrogens with zero attached hydrogens (tertiary/aromatic N) is 3. The van der Waals surface area contributed by atoms with Crippen LogP contribution in [0.4, 0.5) is 24.7 Å². The van der Waals surface area contributed by atoms with Crippen molar-refractivity contribution in [2.24, 2.45) is 11.7 Å². The van der Waals surface area contributed by atoms with Crippen molar-refractivity contribution in [3.05, 3.63) is 35.4 Å². The van der Waals surface area contributed by atoms with Gasteiger partial charge in [-0.1, -0.05) is 6.08 Å². The molecule has 10 nitrogen and oxygen atoms in total. The number of carbonyl (C=O) groups excluding carboxylic acids is 1. The van der Waals surface area contributed by atoms with Gasteiger partial charge in [0.05, 0.1) is 24.6 Å². The zero-order valence-corrected chi connectivity index (χ0v) is 16.9. The van der Waals surface area contributed by atoms with Crippen LogP contribution in [0.5, 0.6) is 11.5 Å². The fraction of sp³-hybridized carbons (Fsp3) is 0.316. The Morgan fingerprint density at radius 3 is 2.94 bits per heavy atom. The minimum atomic E-state index is -5.02. The molecule has 4 rings (SSSR count). The lowest BCUT2D eigenvalue weighted by molar-refractivity contribution is -0.275. The first kappa shape index (κ1) is 22.5. The highest BCUT2D eigenvalue weighted by Crippen LogP contribution is 2.41. The van der Waals surface area contributed by atoms with Crippen LogP contribution >= 0.6 is 0 Å². The Labute approximate surface area is 185 Å². The number of amides is 1. The number of ether oxygens (including phenoxy) is 2. The Balaban J connectivity index is 1.71.